The highest BCUT2D eigenvalue weighted by atomic mass is 35.5. The Morgan fingerprint density at radius 2 is 1.86 bits per heavy atom. The zero-order valence-electron chi connectivity index (χ0n) is 15.4. The normalized spacial score (nSPS) is 11.7. The molecular weight excluding hydrogens is 396 g/mol. The van der Waals surface area contributed by atoms with Crippen molar-refractivity contribution in [2.75, 3.05) is 0 Å². The fraction of sp³-hybridized carbons (Fsp3) is 0.143. The molecule has 1 amide bonds. The van der Waals surface area contributed by atoms with Crippen LogP contribution in [0.2, 0.25) is 5.02 Å². The molecule has 0 fully saturated rings. The molecule has 0 radical (unpaired) electrons. The number of amides is 1. The van der Waals surface area contributed by atoms with Gasteiger partial charge in [0.2, 0.25) is 0 Å². The molecule has 0 spiro atoms. The lowest BCUT2D eigenvalue weighted by Crippen LogP contribution is -2.39. The summed E-state index contributed by atoms with van der Waals surface area (Å²) in [5, 5.41) is 15.4. The minimum absolute atomic E-state index is 0.0230. The summed E-state index contributed by atoms with van der Waals surface area (Å²) in [5.74, 6) is -1.26. The molecule has 3 rings (SSSR count). The smallest absolute Gasteiger partial charge is 0.328 e. The van der Waals surface area contributed by atoms with Crippen LogP contribution in [0.1, 0.15) is 22.8 Å². The molecule has 0 unspecified atom stereocenters. The van der Waals surface area contributed by atoms with Crippen LogP contribution in [0.25, 0.3) is 10.8 Å². The molecule has 0 aliphatic carbocycles. The van der Waals surface area contributed by atoms with Crippen LogP contribution in [-0.4, -0.2) is 22.8 Å². The van der Waals surface area contributed by atoms with E-state index in [-0.39, 0.29) is 22.9 Å². The van der Waals surface area contributed by atoms with Crippen LogP contribution in [0.5, 0.6) is 0 Å². The van der Waals surface area contributed by atoms with Crippen LogP contribution >= 0.6 is 11.6 Å². The van der Waals surface area contributed by atoms with E-state index in [4.69, 9.17) is 16.3 Å². The molecule has 29 heavy (non-hydrogen) atoms. The Labute approximate surface area is 171 Å². The van der Waals surface area contributed by atoms with E-state index in [9.17, 15) is 19.7 Å². The molecule has 148 valence electrons. The third kappa shape index (κ3) is 4.70. The van der Waals surface area contributed by atoms with Crippen LogP contribution in [-0.2, 0) is 16.1 Å². The summed E-state index contributed by atoms with van der Waals surface area (Å²) in [5.41, 5.74) is 0.489. The van der Waals surface area contributed by atoms with Gasteiger partial charge in [0.05, 0.1) is 4.92 Å². The lowest BCUT2D eigenvalue weighted by molar-refractivity contribution is -0.384. The fourth-order valence-electron chi connectivity index (χ4n) is 2.82. The van der Waals surface area contributed by atoms with E-state index in [2.05, 4.69) is 5.32 Å². The third-order valence-corrected chi connectivity index (χ3v) is 4.68. The van der Waals surface area contributed by atoms with Gasteiger partial charge in [0.15, 0.2) is 0 Å². The summed E-state index contributed by atoms with van der Waals surface area (Å²) in [6.45, 7) is 1.54. The molecule has 3 aromatic carbocycles. The highest BCUT2D eigenvalue weighted by molar-refractivity contribution is 6.32. The number of ether oxygens (including phenoxy) is 1. The number of benzene rings is 3. The molecule has 0 saturated carbocycles. The maximum absolute atomic E-state index is 12.3. The molecule has 0 aliphatic rings. The summed E-state index contributed by atoms with van der Waals surface area (Å²) in [6.07, 6.45) is 0. The van der Waals surface area contributed by atoms with Crippen LogP contribution in [0, 0.1) is 10.1 Å². The SMILES string of the molecule is C[C@H](NC(=O)c1ccc(Cl)c([N+](=O)[O-])c1)C(=O)OCc1cccc2ccccc12. The van der Waals surface area contributed by atoms with E-state index in [0.29, 0.717) is 0 Å². The summed E-state index contributed by atoms with van der Waals surface area (Å²) < 4.78 is 5.33. The van der Waals surface area contributed by atoms with Crippen LogP contribution in [0.3, 0.4) is 0 Å². The number of carbonyl (C=O) groups excluding carboxylic acids is 2. The van der Waals surface area contributed by atoms with Crippen molar-refractivity contribution in [3.05, 3.63) is 86.9 Å². The molecule has 1 N–H and O–H groups in total. The van der Waals surface area contributed by atoms with Gasteiger partial charge in [-0.2, -0.15) is 0 Å². The van der Waals surface area contributed by atoms with Gasteiger partial charge >= 0.3 is 5.97 Å². The summed E-state index contributed by atoms with van der Waals surface area (Å²) >= 11 is 5.75. The van der Waals surface area contributed by atoms with Crippen LogP contribution in [0.15, 0.2) is 60.7 Å². The van der Waals surface area contributed by atoms with E-state index in [0.717, 1.165) is 22.4 Å². The Kier molecular flexibility index (Phi) is 6.09. The number of nitro groups is 1. The second kappa shape index (κ2) is 8.70. The van der Waals surface area contributed by atoms with Crippen molar-refractivity contribution in [2.24, 2.45) is 0 Å². The van der Waals surface area contributed by atoms with Gasteiger partial charge in [0.25, 0.3) is 11.6 Å². The zero-order chi connectivity index (χ0) is 21.0. The Bertz CT molecular complexity index is 1090. The molecule has 7 nitrogen and oxygen atoms in total. The predicted octanol–water partition coefficient (Wildman–Crippen LogP) is 4.26. The number of nitrogens with one attached hydrogen (secondary N) is 1. The van der Waals surface area contributed by atoms with Gasteiger partial charge in [-0.05, 0) is 35.4 Å². The number of hydrogen-bond donors (Lipinski definition) is 1. The molecule has 0 heterocycles. The van der Waals surface area contributed by atoms with Crippen molar-refractivity contribution in [1.29, 1.82) is 0 Å². The van der Waals surface area contributed by atoms with Gasteiger partial charge in [0.1, 0.15) is 17.7 Å². The van der Waals surface area contributed by atoms with E-state index in [1.807, 2.05) is 42.5 Å². The maximum Gasteiger partial charge on any atom is 0.328 e. The zero-order valence-corrected chi connectivity index (χ0v) is 16.2. The van der Waals surface area contributed by atoms with Crippen molar-refractivity contribution in [3.8, 4) is 0 Å². The van der Waals surface area contributed by atoms with Gasteiger partial charge in [-0.15, -0.1) is 0 Å². The Morgan fingerprint density at radius 3 is 2.62 bits per heavy atom. The van der Waals surface area contributed by atoms with Crippen molar-refractivity contribution >= 4 is 39.9 Å². The largest absolute Gasteiger partial charge is 0.459 e. The number of nitro benzene ring substituents is 1. The summed E-state index contributed by atoms with van der Waals surface area (Å²) in [7, 11) is 0. The Balaban J connectivity index is 1.64. The monoisotopic (exact) mass is 412 g/mol. The number of halogens is 1. The van der Waals surface area contributed by atoms with E-state index in [1.54, 1.807) is 0 Å². The first-order valence-corrected chi connectivity index (χ1v) is 9.12. The first-order valence-electron chi connectivity index (χ1n) is 8.75. The first-order chi connectivity index (χ1) is 13.9. The standard InChI is InChI=1S/C21H17ClN2O5/c1-13(23-20(25)15-9-10-18(22)19(11-15)24(27)28)21(26)29-12-16-7-4-6-14-5-2-3-8-17(14)16/h2-11,13H,12H2,1H3,(H,23,25)/t13-/m0/s1. The van der Waals surface area contributed by atoms with Gasteiger partial charge in [0, 0.05) is 11.6 Å². The molecule has 8 heteroatoms. The number of carbonyl (C=O) groups is 2. The first kappa shape index (κ1) is 20.3. The number of hydrogen-bond acceptors (Lipinski definition) is 5. The van der Waals surface area contributed by atoms with Gasteiger partial charge in [-0.3, -0.25) is 14.9 Å². The van der Waals surface area contributed by atoms with Gasteiger partial charge < -0.3 is 10.1 Å². The number of nitrogens with zero attached hydrogens (tertiary/aromatic N) is 1. The highest BCUT2D eigenvalue weighted by Gasteiger charge is 2.21. The second-order valence-electron chi connectivity index (χ2n) is 6.36. The van der Waals surface area contributed by atoms with E-state index < -0.39 is 22.8 Å². The summed E-state index contributed by atoms with van der Waals surface area (Å²) in [4.78, 5) is 34.9. The van der Waals surface area contributed by atoms with Crippen molar-refractivity contribution < 1.29 is 19.2 Å². The average molecular weight is 413 g/mol. The lowest BCUT2D eigenvalue weighted by Gasteiger charge is -2.14. The Hall–Kier alpha value is -3.45. The maximum atomic E-state index is 12.3. The van der Waals surface area contributed by atoms with Crippen LogP contribution in [0.4, 0.5) is 5.69 Å². The fourth-order valence-corrected chi connectivity index (χ4v) is 3.01. The number of esters is 1. The molecule has 0 bridgehead atoms. The minimum Gasteiger partial charge on any atom is -0.459 e. The average Bonchev–Trinajstić information content (AvgIpc) is 2.71. The molecule has 0 aliphatic heterocycles. The molecule has 1 atom stereocenters. The van der Waals surface area contributed by atoms with Crippen molar-refractivity contribution in [2.45, 2.75) is 19.6 Å². The van der Waals surface area contributed by atoms with E-state index >= 15 is 0 Å². The molecule has 3 aromatic rings. The summed E-state index contributed by atoms with van der Waals surface area (Å²) in [6, 6.07) is 16.2. The van der Waals surface area contributed by atoms with Gasteiger partial charge in [-0.1, -0.05) is 54.1 Å². The van der Waals surface area contributed by atoms with Crippen molar-refractivity contribution in [3.63, 3.8) is 0 Å². The van der Waals surface area contributed by atoms with Crippen LogP contribution < -0.4 is 5.32 Å². The highest BCUT2D eigenvalue weighted by Crippen LogP contribution is 2.25. The quantitative estimate of drug-likeness (QED) is 0.370. The predicted molar refractivity (Wildman–Crippen MR) is 109 cm³/mol. The number of rotatable bonds is 6. The van der Waals surface area contributed by atoms with Crippen molar-refractivity contribution in [1.82, 2.24) is 5.32 Å². The minimum atomic E-state index is -0.938. The third-order valence-electron chi connectivity index (χ3n) is 4.36. The molecule has 0 saturated heterocycles. The number of fused-ring (bicyclic) bond motifs is 1. The van der Waals surface area contributed by atoms with Gasteiger partial charge in [-0.25, -0.2) is 4.79 Å². The van der Waals surface area contributed by atoms with E-state index in [1.165, 1.54) is 19.1 Å². The lowest BCUT2D eigenvalue weighted by atomic mass is 10.1. The second-order valence-corrected chi connectivity index (χ2v) is 6.77. The molecule has 0 aromatic heterocycles. The topological polar surface area (TPSA) is 98.5 Å². The Morgan fingerprint density at radius 1 is 1.14 bits per heavy atom. The molecular formula is C21H17ClN2O5.